The van der Waals surface area contributed by atoms with E-state index in [1.54, 1.807) is 25.1 Å². The minimum absolute atomic E-state index is 0.226. The molecule has 1 aromatic heterocycles. The second kappa shape index (κ2) is 7.21. The number of ether oxygens (including phenoxy) is 1. The van der Waals surface area contributed by atoms with Gasteiger partial charge in [0.15, 0.2) is 16.8 Å². The van der Waals surface area contributed by atoms with Gasteiger partial charge in [-0.1, -0.05) is 24.8 Å². The van der Waals surface area contributed by atoms with Crippen molar-refractivity contribution >= 4 is 28.8 Å². The number of oxazole rings is 1. The van der Waals surface area contributed by atoms with Gasteiger partial charge < -0.3 is 9.15 Å². The third kappa shape index (κ3) is 4.29. The molecule has 0 aliphatic carbocycles. The SMILES string of the molecule is CCC(=O)Oc1cccc2oc(SCCC=C(F)F)nc12. The maximum atomic E-state index is 11.9. The van der Waals surface area contributed by atoms with Gasteiger partial charge in [-0.3, -0.25) is 4.79 Å². The quantitative estimate of drug-likeness (QED) is 0.342. The Morgan fingerprint density at radius 2 is 2.29 bits per heavy atom. The fourth-order valence-corrected chi connectivity index (χ4v) is 2.27. The molecule has 0 saturated carbocycles. The minimum atomic E-state index is -1.69. The summed E-state index contributed by atoms with van der Waals surface area (Å²) in [7, 11) is 0. The maximum Gasteiger partial charge on any atom is 0.310 e. The standard InChI is InChI=1S/C14H13F2NO3S/c1-2-12(18)19-9-5-3-6-10-13(9)17-14(20-10)21-8-4-7-11(15)16/h3,5-7H,2,4,8H2,1H3. The second-order valence-electron chi connectivity index (χ2n) is 4.04. The van der Waals surface area contributed by atoms with Crippen LogP contribution in [0.15, 0.2) is 40.0 Å². The Morgan fingerprint density at radius 1 is 1.48 bits per heavy atom. The van der Waals surface area contributed by atoms with Gasteiger partial charge in [0.2, 0.25) is 0 Å². The van der Waals surface area contributed by atoms with Crippen LogP contribution in [0, 0.1) is 0 Å². The molecule has 0 aliphatic heterocycles. The van der Waals surface area contributed by atoms with Crippen LogP contribution in [0.1, 0.15) is 19.8 Å². The van der Waals surface area contributed by atoms with Crippen LogP contribution in [-0.4, -0.2) is 16.7 Å². The van der Waals surface area contributed by atoms with E-state index in [-0.39, 0.29) is 18.8 Å². The lowest BCUT2D eigenvalue weighted by molar-refractivity contribution is -0.133. The molecule has 0 N–H and O–H groups in total. The van der Waals surface area contributed by atoms with Crippen LogP contribution in [0.2, 0.25) is 0 Å². The van der Waals surface area contributed by atoms with Gasteiger partial charge in [0.1, 0.15) is 0 Å². The van der Waals surface area contributed by atoms with Crippen molar-refractivity contribution < 1.29 is 22.7 Å². The van der Waals surface area contributed by atoms with Crippen LogP contribution in [0.4, 0.5) is 8.78 Å². The second-order valence-corrected chi connectivity index (χ2v) is 5.09. The molecular weight excluding hydrogens is 300 g/mol. The van der Waals surface area contributed by atoms with Gasteiger partial charge in [-0.15, -0.1) is 0 Å². The van der Waals surface area contributed by atoms with Crippen molar-refractivity contribution in [2.24, 2.45) is 0 Å². The van der Waals surface area contributed by atoms with Crippen molar-refractivity contribution in [3.63, 3.8) is 0 Å². The molecule has 21 heavy (non-hydrogen) atoms. The van der Waals surface area contributed by atoms with Crippen molar-refractivity contribution in [2.75, 3.05) is 5.75 Å². The average molecular weight is 313 g/mol. The molecule has 112 valence electrons. The summed E-state index contributed by atoms with van der Waals surface area (Å²) in [5.74, 6) is 0.404. The van der Waals surface area contributed by atoms with E-state index in [2.05, 4.69) is 4.98 Å². The fourth-order valence-electron chi connectivity index (χ4n) is 1.56. The zero-order chi connectivity index (χ0) is 15.2. The van der Waals surface area contributed by atoms with Crippen molar-refractivity contribution in [2.45, 2.75) is 25.0 Å². The van der Waals surface area contributed by atoms with Gasteiger partial charge in [0.05, 0.1) is 0 Å². The highest BCUT2D eigenvalue weighted by Crippen LogP contribution is 2.30. The summed E-state index contributed by atoms with van der Waals surface area (Å²) in [4.78, 5) is 15.6. The zero-order valence-electron chi connectivity index (χ0n) is 11.3. The predicted molar refractivity (Wildman–Crippen MR) is 75.6 cm³/mol. The lowest BCUT2D eigenvalue weighted by Crippen LogP contribution is -2.05. The number of hydrogen-bond acceptors (Lipinski definition) is 5. The van der Waals surface area contributed by atoms with Crippen molar-refractivity contribution in [3.05, 3.63) is 30.4 Å². The number of aromatic nitrogens is 1. The largest absolute Gasteiger partial charge is 0.431 e. The lowest BCUT2D eigenvalue weighted by Gasteiger charge is -2.01. The van der Waals surface area contributed by atoms with Crippen molar-refractivity contribution in [3.8, 4) is 5.75 Å². The number of fused-ring (bicyclic) bond motifs is 1. The highest BCUT2D eigenvalue weighted by atomic mass is 32.2. The topological polar surface area (TPSA) is 52.3 Å². The first kappa shape index (κ1) is 15.5. The summed E-state index contributed by atoms with van der Waals surface area (Å²) >= 11 is 1.23. The summed E-state index contributed by atoms with van der Waals surface area (Å²) in [6, 6.07) is 5.03. The number of nitrogens with zero attached hydrogens (tertiary/aromatic N) is 1. The van der Waals surface area contributed by atoms with Crippen molar-refractivity contribution in [1.29, 1.82) is 0 Å². The highest BCUT2D eigenvalue weighted by molar-refractivity contribution is 7.99. The van der Waals surface area contributed by atoms with E-state index >= 15 is 0 Å². The zero-order valence-corrected chi connectivity index (χ0v) is 12.1. The van der Waals surface area contributed by atoms with Gasteiger partial charge in [0.25, 0.3) is 11.3 Å². The molecule has 0 bridgehead atoms. The number of allylic oxidation sites excluding steroid dienone is 1. The van der Waals surface area contributed by atoms with Crippen LogP contribution >= 0.6 is 11.8 Å². The Kier molecular flexibility index (Phi) is 5.32. The van der Waals surface area contributed by atoms with E-state index in [0.29, 0.717) is 27.8 Å². The average Bonchev–Trinajstić information content (AvgIpc) is 2.87. The number of rotatable bonds is 6. The molecule has 2 aromatic rings. The normalized spacial score (nSPS) is 10.6. The number of esters is 1. The Hall–Kier alpha value is -1.89. The van der Waals surface area contributed by atoms with Crippen LogP contribution in [0.3, 0.4) is 0 Å². The number of para-hydroxylation sites is 1. The molecule has 2 rings (SSSR count). The van der Waals surface area contributed by atoms with Crippen LogP contribution in [0.25, 0.3) is 11.1 Å². The van der Waals surface area contributed by atoms with Gasteiger partial charge in [-0.25, -0.2) is 0 Å². The van der Waals surface area contributed by atoms with Crippen LogP contribution in [-0.2, 0) is 4.79 Å². The van der Waals surface area contributed by atoms with E-state index < -0.39 is 6.08 Å². The monoisotopic (exact) mass is 313 g/mol. The smallest absolute Gasteiger partial charge is 0.310 e. The molecule has 1 aromatic carbocycles. The molecule has 0 saturated heterocycles. The van der Waals surface area contributed by atoms with E-state index in [0.717, 1.165) is 6.08 Å². The van der Waals surface area contributed by atoms with E-state index in [9.17, 15) is 13.6 Å². The first-order chi connectivity index (χ1) is 10.1. The number of hydrogen-bond donors (Lipinski definition) is 0. The summed E-state index contributed by atoms with van der Waals surface area (Å²) in [6.45, 7) is 1.70. The molecule has 4 nitrogen and oxygen atoms in total. The number of thioether (sulfide) groups is 1. The van der Waals surface area contributed by atoms with Crippen LogP contribution in [0.5, 0.6) is 5.75 Å². The molecule has 0 aliphatic rings. The van der Waals surface area contributed by atoms with Gasteiger partial charge in [0, 0.05) is 12.2 Å². The Bertz CT molecular complexity index is 665. The number of halogens is 2. The molecule has 7 heteroatoms. The van der Waals surface area contributed by atoms with Crippen molar-refractivity contribution in [1.82, 2.24) is 4.98 Å². The summed E-state index contributed by atoms with van der Waals surface area (Å²) in [5, 5.41) is 0.359. The molecule has 1 heterocycles. The van der Waals surface area contributed by atoms with E-state index in [1.165, 1.54) is 11.8 Å². The van der Waals surface area contributed by atoms with E-state index in [4.69, 9.17) is 9.15 Å². The third-order valence-corrected chi connectivity index (χ3v) is 3.38. The fraction of sp³-hybridized carbons (Fsp3) is 0.286. The number of carbonyl (C=O) groups is 1. The molecule has 0 fully saturated rings. The first-order valence-electron chi connectivity index (χ1n) is 6.34. The Labute approximate surface area is 124 Å². The van der Waals surface area contributed by atoms with Gasteiger partial charge in [-0.2, -0.15) is 13.8 Å². The van der Waals surface area contributed by atoms with E-state index in [1.807, 2.05) is 0 Å². The summed E-state index contributed by atoms with van der Waals surface area (Å²) in [5.41, 5.74) is 0.945. The molecule has 0 amide bonds. The van der Waals surface area contributed by atoms with Crippen LogP contribution < -0.4 is 4.74 Å². The predicted octanol–water partition coefficient (Wildman–Crippen LogP) is 4.41. The summed E-state index contributed by atoms with van der Waals surface area (Å²) < 4.78 is 34.5. The minimum Gasteiger partial charge on any atom is -0.431 e. The first-order valence-corrected chi connectivity index (χ1v) is 7.33. The number of carbonyl (C=O) groups excluding carboxylic acids is 1. The van der Waals surface area contributed by atoms with Gasteiger partial charge >= 0.3 is 5.97 Å². The highest BCUT2D eigenvalue weighted by Gasteiger charge is 2.13. The lowest BCUT2D eigenvalue weighted by atomic mass is 10.3. The van der Waals surface area contributed by atoms with Gasteiger partial charge in [-0.05, 0) is 24.6 Å². The molecule has 0 radical (unpaired) electrons. The molecular formula is C14H13F2NO3S. The maximum absolute atomic E-state index is 11.9. The summed E-state index contributed by atoms with van der Waals surface area (Å²) in [6.07, 6.45) is -0.355. The third-order valence-electron chi connectivity index (χ3n) is 2.52. The Balaban J connectivity index is 2.11. The Morgan fingerprint density at radius 3 is 3.00 bits per heavy atom. The molecule has 0 unspecified atom stereocenters. The molecule has 0 spiro atoms. The molecule has 0 atom stereocenters. The number of benzene rings is 1.